The molecule has 11 heteroatoms. The van der Waals surface area contributed by atoms with E-state index in [9.17, 15) is 13.2 Å². The van der Waals surface area contributed by atoms with Gasteiger partial charge in [0, 0.05) is 13.2 Å². The number of nitrogens with zero attached hydrogens (tertiary/aromatic N) is 4. The van der Waals surface area contributed by atoms with E-state index in [4.69, 9.17) is 23.2 Å². The smallest absolute Gasteiger partial charge is 0.294 e. The molecule has 2 aromatic heterocycles. The SMILES string of the molecule is Cn1cc(SNc2nc(Cl)c(C(F)(F)F)c(Cl)n2)cn1. The van der Waals surface area contributed by atoms with Gasteiger partial charge in [-0.25, -0.2) is 0 Å². The predicted octanol–water partition coefficient (Wildman–Crippen LogP) is 3.65. The maximum absolute atomic E-state index is 12.6. The quantitative estimate of drug-likeness (QED) is 0.680. The van der Waals surface area contributed by atoms with Gasteiger partial charge in [-0.3, -0.25) is 9.40 Å². The maximum atomic E-state index is 12.6. The number of rotatable bonds is 3. The van der Waals surface area contributed by atoms with E-state index < -0.39 is 22.0 Å². The van der Waals surface area contributed by atoms with E-state index in [0.717, 1.165) is 16.8 Å². The van der Waals surface area contributed by atoms with Crippen LogP contribution in [0.4, 0.5) is 19.1 Å². The molecule has 0 aliphatic heterocycles. The molecule has 0 unspecified atom stereocenters. The van der Waals surface area contributed by atoms with Crippen LogP contribution < -0.4 is 4.72 Å². The molecular formula is C9H6Cl2F3N5S. The summed E-state index contributed by atoms with van der Waals surface area (Å²) in [5.41, 5.74) is -1.25. The summed E-state index contributed by atoms with van der Waals surface area (Å²) in [6.45, 7) is 0. The molecule has 5 nitrogen and oxygen atoms in total. The topological polar surface area (TPSA) is 55.6 Å². The fourth-order valence-corrected chi connectivity index (χ4v) is 2.45. The van der Waals surface area contributed by atoms with Crippen LogP contribution in [-0.2, 0) is 13.2 Å². The summed E-state index contributed by atoms with van der Waals surface area (Å²) in [6.07, 6.45) is -1.45. The standard InChI is InChI=1S/C9H6Cl2F3N5S/c1-19-3-4(2-15-19)20-18-8-16-6(10)5(7(11)17-8)9(12,13)14/h2-3H,1H3,(H,16,17,18). The molecule has 0 aliphatic rings. The normalized spacial score (nSPS) is 11.7. The van der Waals surface area contributed by atoms with Crippen LogP contribution in [0.1, 0.15) is 5.56 Å². The van der Waals surface area contributed by atoms with Crippen molar-refractivity contribution in [2.75, 3.05) is 4.72 Å². The summed E-state index contributed by atoms with van der Waals surface area (Å²) < 4.78 is 42.0. The Morgan fingerprint density at radius 2 is 1.85 bits per heavy atom. The monoisotopic (exact) mass is 343 g/mol. The van der Waals surface area contributed by atoms with Gasteiger partial charge in [-0.05, 0) is 11.9 Å². The number of aryl methyl sites for hydroxylation is 1. The fraction of sp³-hybridized carbons (Fsp3) is 0.222. The minimum Gasteiger partial charge on any atom is -0.294 e. The molecule has 20 heavy (non-hydrogen) atoms. The van der Waals surface area contributed by atoms with Crippen LogP contribution in [0.25, 0.3) is 0 Å². The Morgan fingerprint density at radius 1 is 1.25 bits per heavy atom. The molecule has 0 saturated heterocycles. The zero-order valence-electron chi connectivity index (χ0n) is 9.74. The van der Waals surface area contributed by atoms with Crippen molar-refractivity contribution in [1.82, 2.24) is 19.7 Å². The molecule has 2 rings (SSSR count). The van der Waals surface area contributed by atoms with E-state index in [0.29, 0.717) is 0 Å². The molecule has 0 bridgehead atoms. The van der Waals surface area contributed by atoms with Crippen LogP contribution in [0.3, 0.4) is 0 Å². The largest absolute Gasteiger partial charge is 0.422 e. The molecule has 0 radical (unpaired) electrons. The van der Waals surface area contributed by atoms with Gasteiger partial charge in [0.25, 0.3) is 0 Å². The van der Waals surface area contributed by atoms with Crippen molar-refractivity contribution in [1.29, 1.82) is 0 Å². The fourth-order valence-electron chi connectivity index (χ4n) is 1.24. The van der Waals surface area contributed by atoms with Crippen LogP contribution in [0.15, 0.2) is 17.3 Å². The van der Waals surface area contributed by atoms with Crippen molar-refractivity contribution in [3.05, 3.63) is 28.3 Å². The van der Waals surface area contributed by atoms with Gasteiger partial charge < -0.3 is 0 Å². The highest BCUT2D eigenvalue weighted by Gasteiger charge is 2.38. The second-order valence-corrected chi connectivity index (χ2v) is 5.15. The third-order valence-electron chi connectivity index (χ3n) is 2.05. The Bertz CT molecular complexity index is 607. The number of hydrogen-bond acceptors (Lipinski definition) is 5. The van der Waals surface area contributed by atoms with Crippen molar-refractivity contribution in [3.63, 3.8) is 0 Å². The first-order chi connectivity index (χ1) is 9.27. The molecule has 0 fully saturated rings. The lowest BCUT2D eigenvalue weighted by Crippen LogP contribution is -2.10. The molecule has 2 aromatic rings. The van der Waals surface area contributed by atoms with Crippen molar-refractivity contribution in [3.8, 4) is 0 Å². The second kappa shape index (κ2) is 5.66. The van der Waals surface area contributed by atoms with Crippen molar-refractivity contribution in [2.45, 2.75) is 11.1 Å². The molecule has 0 aromatic carbocycles. The van der Waals surface area contributed by atoms with Gasteiger partial charge >= 0.3 is 6.18 Å². The predicted molar refractivity (Wildman–Crippen MR) is 69.7 cm³/mol. The highest BCUT2D eigenvalue weighted by molar-refractivity contribution is 8.00. The molecule has 0 saturated carbocycles. The van der Waals surface area contributed by atoms with Crippen LogP contribution in [-0.4, -0.2) is 19.7 Å². The van der Waals surface area contributed by atoms with E-state index in [1.165, 1.54) is 0 Å². The summed E-state index contributed by atoms with van der Waals surface area (Å²) in [4.78, 5) is 7.75. The lowest BCUT2D eigenvalue weighted by atomic mass is 10.3. The minimum atomic E-state index is -4.71. The Balaban J connectivity index is 2.18. The molecule has 0 aliphatic carbocycles. The van der Waals surface area contributed by atoms with Crippen LogP contribution in [0, 0.1) is 0 Å². The molecule has 0 amide bonds. The second-order valence-electron chi connectivity index (χ2n) is 3.56. The molecule has 0 atom stereocenters. The lowest BCUT2D eigenvalue weighted by Gasteiger charge is -2.11. The third-order valence-corrected chi connectivity index (χ3v) is 3.32. The van der Waals surface area contributed by atoms with Gasteiger partial charge in [-0.1, -0.05) is 23.2 Å². The van der Waals surface area contributed by atoms with Gasteiger partial charge in [-0.2, -0.15) is 28.2 Å². The Labute approximate surface area is 125 Å². The number of nitrogens with one attached hydrogen (secondary N) is 1. The third kappa shape index (κ3) is 3.47. The number of hydrogen-bond donors (Lipinski definition) is 1. The zero-order valence-corrected chi connectivity index (χ0v) is 12.1. The van der Waals surface area contributed by atoms with E-state index in [-0.39, 0.29) is 5.95 Å². The van der Waals surface area contributed by atoms with Gasteiger partial charge in [0.05, 0.1) is 11.1 Å². The summed E-state index contributed by atoms with van der Waals surface area (Å²) in [5, 5.41) is 2.41. The number of alkyl halides is 3. The van der Waals surface area contributed by atoms with E-state index in [1.54, 1.807) is 24.1 Å². The Hall–Kier alpha value is -1.19. The van der Waals surface area contributed by atoms with Crippen LogP contribution in [0.5, 0.6) is 0 Å². The zero-order chi connectivity index (χ0) is 14.9. The van der Waals surface area contributed by atoms with Gasteiger partial charge in [0.15, 0.2) is 0 Å². The van der Waals surface area contributed by atoms with Crippen LogP contribution >= 0.6 is 35.1 Å². The molecular weight excluding hydrogens is 338 g/mol. The van der Waals surface area contributed by atoms with Crippen molar-refractivity contribution in [2.24, 2.45) is 7.05 Å². The average Bonchev–Trinajstić information content (AvgIpc) is 2.69. The highest BCUT2D eigenvalue weighted by Crippen LogP contribution is 2.38. The molecule has 0 spiro atoms. The van der Waals surface area contributed by atoms with Crippen LogP contribution in [0.2, 0.25) is 10.3 Å². The van der Waals surface area contributed by atoms with Crippen molar-refractivity contribution >= 4 is 41.1 Å². The van der Waals surface area contributed by atoms with Crippen molar-refractivity contribution < 1.29 is 13.2 Å². The molecule has 108 valence electrons. The van der Waals surface area contributed by atoms with Gasteiger partial charge in [0.2, 0.25) is 5.95 Å². The first kappa shape index (κ1) is 15.2. The highest BCUT2D eigenvalue weighted by atomic mass is 35.5. The number of aromatic nitrogens is 4. The van der Waals surface area contributed by atoms with E-state index in [2.05, 4.69) is 19.8 Å². The Morgan fingerprint density at radius 3 is 2.30 bits per heavy atom. The summed E-state index contributed by atoms with van der Waals surface area (Å²) in [5.74, 6) is -0.123. The Kier molecular flexibility index (Phi) is 4.31. The van der Waals surface area contributed by atoms with E-state index >= 15 is 0 Å². The van der Waals surface area contributed by atoms with Gasteiger partial charge in [-0.15, -0.1) is 0 Å². The number of anilines is 1. The van der Waals surface area contributed by atoms with E-state index in [1.807, 2.05) is 0 Å². The van der Waals surface area contributed by atoms with Gasteiger partial charge in [0.1, 0.15) is 15.9 Å². The summed E-state index contributed by atoms with van der Waals surface area (Å²) in [6, 6.07) is 0. The molecule has 2 heterocycles. The molecule has 1 N–H and O–H groups in total. The summed E-state index contributed by atoms with van der Waals surface area (Å²) >= 11 is 12.0. The average molecular weight is 344 g/mol. The summed E-state index contributed by atoms with van der Waals surface area (Å²) in [7, 11) is 1.73. The lowest BCUT2D eigenvalue weighted by molar-refractivity contribution is -0.137. The number of halogens is 5. The maximum Gasteiger partial charge on any atom is 0.422 e. The minimum absolute atomic E-state index is 0.123. The first-order valence-corrected chi connectivity index (χ1v) is 6.56. The first-order valence-electron chi connectivity index (χ1n) is 4.99.